The normalized spacial score (nSPS) is 19.9. The minimum Gasteiger partial charge on any atom is -0.325 e. The number of hydrogen-bond donors (Lipinski definition) is 1. The van der Waals surface area contributed by atoms with Crippen LogP contribution in [-0.2, 0) is 9.59 Å². The molecule has 1 saturated heterocycles. The molecule has 1 aliphatic heterocycles. The lowest BCUT2D eigenvalue weighted by Gasteiger charge is -2.30. The van der Waals surface area contributed by atoms with Crippen LogP contribution in [0.15, 0.2) is 0 Å². The smallest absolute Gasteiger partial charge is 0.277 e. The van der Waals surface area contributed by atoms with Crippen LogP contribution in [0, 0.1) is 5.92 Å². The lowest BCUT2D eigenvalue weighted by molar-refractivity contribution is -0.155. The number of halogens is 2. The van der Waals surface area contributed by atoms with Gasteiger partial charge in [0.2, 0.25) is 11.8 Å². The summed E-state index contributed by atoms with van der Waals surface area (Å²) in [4.78, 5) is 23.3. The van der Waals surface area contributed by atoms with E-state index in [1.54, 1.807) is 6.92 Å². The Kier molecular flexibility index (Phi) is 3.38. The first-order chi connectivity index (χ1) is 6.85. The Morgan fingerprint density at radius 1 is 1.40 bits per heavy atom. The summed E-state index contributed by atoms with van der Waals surface area (Å²) in [5.74, 6) is -4.32. The molecule has 0 saturated carbocycles. The molecule has 0 unspecified atom stereocenters. The molecule has 1 rings (SSSR count). The van der Waals surface area contributed by atoms with E-state index < -0.39 is 30.8 Å². The molecule has 0 radical (unpaired) electrons. The second-order valence-electron chi connectivity index (χ2n) is 3.95. The quantitative estimate of drug-likeness (QED) is 0.699. The van der Waals surface area contributed by atoms with Gasteiger partial charge in [0, 0.05) is 12.8 Å². The highest BCUT2D eigenvalue weighted by molar-refractivity contribution is 5.97. The maximum Gasteiger partial charge on any atom is 0.277 e. The molecule has 1 aliphatic rings. The number of imide groups is 1. The van der Waals surface area contributed by atoms with Crippen LogP contribution in [0.2, 0.25) is 0 Å². The number of amides is 2. The van der Waals surface area contributed by atoms with E-state index in [2.05, 4.69) is 0 Å². The van der Waals surface area contributed by atoms with Gasteiger partial charge in [0.1, 0.15) is 0 Å². The van der Waals surface area contributed by atoms with E-state index in [0.29, 0.717) is 4.90 Å². The summed E-state index contributed by atoms with van der Waals surface area (Å²) in [6, 6.07) is 0. The summed E-state index contributed by atoms with van der Waals surface area (Å²) in [6.07, 6.45) is 0.290. The fraction of sp³-hybridized carbons (Fsp3) is 0.778. The van der Waals surface area contributed by atoms with Crippen molar-refractivity contribution in [3.05, 3.63) is 0 Å². The number of alkyl halides is 2. The van der Waals surface area contributed by atoms with Crippen LogP contribution in [0.4, 0.5) is 8.78 Å². The molecular weight excluding hydrogens is 206 g/mol. The van der Waals surface area contributed by atoms with Crippen molar-refractivity contribution in [1.82, 2.24) is 4.90 Å². The number of piperidine rings is 1. The monoisotopic (exact) mass is 220 g/mol. The van der Waals surface area contributed by atoms with E-state index in [9.17, 15) is 18.4 Å². The number of carbonyl (C=O) groups excluding carboxylic acids is 2. The summed E-state index contributed by atoms with van der Waals surface area (Å²) in [5, 5.41) is 0. The van der Waals surface area contributed by atoms with Crippen LogP contribution in [0.25, 0.3) is 0 Å². The molecule has 0 atom stereocenters. The van der Waals surface area contributed by atoms with Crippen LogP contribution in [0.1, 0.15) is 19.8 Å². The van der Waals surface area contributed by atoms with Gasteiger partial charge in [-0.1, -0.05) is 6.92 Å². The molecule has 0 aliphatic carbocycles. The van der Waals surface area contributed by atoms with E-state index in [-0.39, 0.29) is 18.8 Å². The third kappa shape index (κ3) is 2.95. The van der Waals surface area contributed by atoms with Gasteiger partial charge in [-0.2, -0.15) is 0 Å². The van der Waals surface area contributed by atoms with E-state index in [1.165, 1.54) is 0 Å². The zero-order chi connectivity index (χ0) is 11.6. The molecule has 86 valence electrons. The third-order valence-corrected chi connectivity index (χ3v) is 2.34. The Morgan fingerprint density at radius 2 is 1.87 bits per heavy atom. The van der Waals surface area contributed by atoms with E-state index in [1.807, 2.05) is 0 Å². The van der Waals surface area contributed by atoms with Crippen LogP contribution < -0.4 is 5.73 Å². The largest absolute Gasteiger partial charge is 0.325 e. The highest BCUT2D eigenvalue weighted by Gasteiger charge is 2.38. The minimum absolute atomic E-state index is 0.0623. The molecule has 1 heterocycles. The second-order valence-corrected chi connectivity index (χ2v) is 3.95. The molecule has 6 heteroatoms. The van der Waals surface area contributed by atoms with Crippen molar-refractivity contribution in [3.8, 4) is 0 Å². The van der Waals surface area contributed by atoms with Crippen molar-refractivity contribution in [2.45, 2.75) is 25.7 Å². The maximum absolute atomic E-state index is 12.9. The summed E-state index contributed by atoms with van der Waals surface area (Å²) in [7, 11) is 0. The highest BCUT2D eigenvalue weighted by Crippen LogP contribution is 2.22. The molecule has 4 nitrogen and oxygen atoms in total. The number of rotatable bonds is 3. The lowest BCUT2D eigenvalue weighted by atomic mass is 9.97. The Hall–Kier alpha value is -1.04. The Balaban J connectivity index is 2.69. The summed E-state index contributed by atoms with van der Waals surface area (Å²) >= 11 is 0. The van der Waals surface area contributed by atoms with Gasteiger partial charge in [-0.25, -0.2) is 8.78 Å². The lowest BCUT2D eigenvalue weighted by Crippen LogP contribution is -2.50. The molecule has 1 fully saturated rings. The van der Waals surface area contributed by atoms with Crippen molar-refractivity contribution in [2.75, 3.05) is 13.1 Å². The zero-order valence-corrected chi connectivity index (χ0v) is 8.50. The first-order valence-electron chi connectivity index (χ1n) is 4.77. The second kappa shape index (κ2) is 4.22. The summed E-state index contributed by atoms with van der Waals surface area (Å²) < 4.78 is 25.8. The Bertz CT molecular complexity index is 263. The van der Waals surface area contributed by atoms with Gasteiger partial charge >= 0.3 is 0 Å². The summed E-state index contributed by atoms with van der Waals surface area (Å²) in [5.41, 5.74) is 4.84. The average molecular weight is 220 g/mol. The first kappa shape index (κ1) is 12.0. The van der Waals surface area contributed by atoms with Crippen molar-refractivity contribution in [2.24, 2.45) is 11.7 Å². The predicted octanol–water partition coefficient (Wildman–Crippen LogP) is 0.366. The molecule has 0 aromatic heterocycles. The third-order valence-electron chi connectivity index (χ3n) is 2.34. The number of likely N-dealkylation sites (tertiary alicyclic amines) is 1. The molecule has 2 amide bonds. The molecule has 15 heavy (non-hydrogen) atoms. The Labute approximate surface area is 86.4 Å². The van der Waals surface area contributed by atoms with Gasteiger partial charge < -0.3 is 5.73 Å². The van der Waals surface area contributed by atoms with Crippen LogP contribution in [0.5, 0.6) is 0 Å². The molecule has 0 spiro atoms. The van der Waals surface area contributed by atoms with Gasteiger partial charge in [-0.05, 0) is 5.92 Å². The first-order valence-corrected chi connectivity index (χ1v) is 4.77. The standard InChI is InChI=1S/C9H14F2N2O2/c1-6-2-7(14)13(8(15)3-6)5-9(10,11)4-12/h6H,2-5,12H2,1H3. The molecular formula is C9H14F2N2O2. The zero-order valence-electron chi connectivity index (χ0n) is 8.50. The average Bonchev–Trinajstić information content (AvgIpc) is 2.11. The molecule has 2 N–H and O–H groups in total. The van der Waals surface area contributed by atoms with Crippen molar-refractivity contribution in [1.29, 1.82) is 0 Å². The molecule has 0 aromatic carbocycles. The van der Waals surface area contributed by atoms with Crippen molar-refractivity contribution < 1.29 is 18.4 Å². The van der Waals surface area contributed by atoms with E-state index in [4.69, 9.17) is 5.73 Å². The van der Waals surface area contributed by atoms with Gasteiger partial charge in [0.05, 0.1) is 13.1 Å². The predicted molar refractivity (Wildman–Crippen MR) is 49.1 cm³/mol. The Morgan fingerprint density at radius 3 is 2.27 bits per heavy atom. The SMILES string of the molecule is CC1CC(=O)N(CC(F)(F)CN)C(=O)C1. The highest BCUT2D eigenvalue weighted by atomic mass is 19.3. The van der Waals surface area contributed by atoms with Crippen LogP contribution in [-0.4, -0.2) is 35.7 Å². The van der Waals surface area contributed by atoms with E-state index in [0.717, 1.165) is 0 Å². The number of nitrogens with two attached hydrogens (primary N) is 1. The molecule has 0 aromatic rings. The van der Waals surface area contributed by atoms with Gasteiger partial charge in [-0.15, -0.1) is 0 Å². The van der Waals surface area contributed by atoms with Gasteiger partial charge in [0.15, 0.2) is 0 Å². The minimum atomic E-state index is -3.19. The van der Waals surface area contributed by atoms with Gasteiger partial charge in [-0.3, -0.25) is 14.5 Å². The van der Waals surface area contributed by atoms with Crippen LogP contribution >= 0.6 is 0 Å². The van der Waals surface area contributed by atoms with Crippen molar-refractivity contribution in [3.63, 3.8) is 0 Å². The number of hydrogen-bond acceptors (Lipinski definition) is 3. The topological polar surface area (TPSA) is 63.4 Å². The fourth-order valence-corrected chi connectivity index (χ4v) is 1.50. The van der Waals surface area contributed by atoms with E-state index >= 15 is 0 Å². The molecule has 0 bridgehead atoms. The van der Waals surface area contributed by atoms with Gasteiger partial charge in [0.25, 0.3) is 5.92 Å². The number of carbonyl (C=O) groups is 2. The summed E-state index contributed by atoms with van der Waals surface area (Å²) in [6.45, 7) is -0.0122. The number of nitrogens with zero attached hydrogens (tertiary/aromatic N) is 1. The maximum atomic E-state index is 12.9. The van der Waals surface area contributed by atoms with Crippen molar-refractivity contribution >= 4 is 11.8 Å². The van der Waals surface area contributed by atoms with Crippen LogP contribution in [0.3, 0.4) is 0 Å². The fourth-order valence-electron chi connectivity index (χ4n) is 1.50.